The normalized spacial score (nSPS) is 10.3. The predicted octanol–water partition coefficient (Wildman–Crippen LogP) is 2.20. The lowest BCUT2D eigenvalue weighted by Crippen LogP contribution is -2.24. The second kappa shape index (κ2) is 8.28. The molecule has 0 aliphatic rings. The van der Waals surface area contributed by atoms with E-state index in [2.05, 4.69) is 10.6 Å². The van der Waals surface area contributed by atoms with E-state index in [9.17, 15) is 14.4 Å². The van der Waals surface area contributed by atoms with Crippen LogP contribution >= 0.6 is 0 Å². The van der Waals surface area contributed by atoms with E-state index in [1.54, 1.807) is 24.3 Å². The van der Waals surface area contributed by atoms with Crippen LogP contribution in [0, 0.1) is 0 Å². The van der Waals surface area contributed by atoms with Gasteiger partial charge in [-0.15, -0.1) is 0 Å². The quantitative estimate of drug-likeness (QED) is 0.710. The van der Waals surface area contributed by atoms with Gasteiger partial charge in [-0.05, 0) is 17.7 Å². The molecule has 2 amide bonds. The highest BCUT2D eigenvalue weighted by Gasteiger charge is 2.12. The first kappa shape index (κ1) is 17.0. The molecule has 0 saturated heterocycles. The molecule has 0 radical (unpaired) electrons. The third-order valence-corrected chi connectivity index (χ3v) is 3.10. The van der Waals surface area contributed by atoms with Gasteiger partial charge in [0.05, 0.1) is 11.3 Å². The van der Waals surface area contributed by atoms with Crippen LogP contribution in [-0.2, 0) is 16.1 Å². The summed E-state index contributed by atoms with van der Waals surface area (Å²) in [6.45, 7) is 0.362. The van der Waals surface area contributed by atoms with Gasteiger partial charge in [0.15, 0.2) is 0 Å². The number of rotatable bonds is 6. The molecule has 0 aliphatic heterocycles. The summed E-state index contributed by atoms with van der Waals surface area (Å²) in [5.41, 5.74) is 1.56. The van der Waals surface area contributed by atoms with Crippen LogP contribution in [0.15, 0.2) is 66.7 Å². The first-order valence-corrected chi connectivity index (χ1v) is 7.19. The van der Waals surface area contributed by atoms with Crippen molar-refractivity contribution in [2.45, 2.75) is 6.54 Å². The molecule has 0 bridgehead atoms. The largest absolute Gasteiger partial charge is 0.478 e. The van der Waals surface area contributed by atoms with Gasteiger partial charge in [0.25, 0.3) is 5.91 Å². The average Bonchev–Trinajstić information content (AvgIpc) is 2.59. The molecule has 0 spiro atoms. The number of anilines is 1. The molecule has 2 rings (SSSR count). The maximum absolute atomic E-state index is 12.3. The van der Waals surface area contributed by atoms with Crippen molar-refractivity contribution in [3.05, 3.63) is 77.9 Å². The summed E-state index contributed by atoms with van der Waals surface area (Å²) in [5, 5.41) is 13.8. The predicted molar refractivity (Wildman–Crippen MR) is 89.5 cm³/mol. The van der Waals surface area contributed by atoms with Crippen LogP contribution in [0.1, 0.15) is 15.9 Å². The van der Waals surface area contributed by atoms with Crippen molar-refractivity contribution in [3.63, 3.8) is 0 Å². The highest BCUT2D eigenvalue weighted by Crippen LogP contribution is 2.15. The lowest BCUT2D eigenvalue weighted by molar-refractivity contribution is -0.131. The van der Waals surface area contributed by atoms with Crippen LogP contribution in [0.5, 0.6) is 0 Å². The summed E-state index contributed by atoms with van der Waals surface area (Å²) in [6, 6.07) is 15.9. The average molecular weight is 324 g/mol. The Morgan fingerprint density at radius 3 is 2.29 bits per heavy atom. The van der Waals surface area contributed by atoms with E-state index in [1.165, 1.54) is 0 Å². The first-order chi connectivity index (χ1) is 11.6. The molecular weight excluding hydrogens is 308 g/mol. The molecule has 2 aromatic rings. The zero-order chi connectivity index (χ0) is 17.4. The van der Waals surface area contributed by atoms with Gasteiger partial charge in [-0.25, -0.2) is 4.79 Å². The van der Waals surface area contributed by atoms with Gasteiger partial charge in [0, 0.05) is 18.7 Å². The fraction of sp³-hybridized carbons (Fsp3) is 0.0556. The molecule has 0 aromatic heterocycles. The maximum Gasteiger partial charge on any atom is 0.328 e. The number of aliphatic carboxylic acids is 1. The summed E-state index contributed by atoms with van der Waals surface area (Å²) < 4.78 is 0. The lowest BCUT2D eigenvalue weighted by atomic mass is 10.1. The van der Waals surface area contributed by atoms with Gasteiger partial charge in [0.2, 0.25) is 5.91 Å². The van der Waals surface area contributed by atoms with Gasteiger partial charge >= 0.3 is 5.97 Å². The Hall–Kier alpha value is -3.41. The zero-order valence-corrected chi connectivity index (χ0v) is 12.7. The number of carbonyl (C=O) groups excluding carboxylic acids is 2. The molecule has 0 saturated carbocycles. The summed E-state index contributed by atoms with van der Waals surface area (Å²) in [5.74, 6) is -2.18. The topological polar surface area (TPSA) is 95.5 Å². The molecule has 0 fully saturated rings. The van der Waals surface area contributed by atoms with Crippen molar-refractivity contribution < 1.29 is 19.5 Å². The second-order valence-electron chi connectivity index (χ2n) is 4.87. The van der Waals surface area contributed by atoms with Crippen molar-refractivity contribution in [2.24, 2.45) is 0 Å². The molecule has 6 nitrogen and oxygen atoms in total. The molecule has 6 heteroatoms. The Labute approximate surface area is 138 Å². The molecule has 122 valence electrons. The van der Waals surface area contributed by atoms with E-state index in [1.807, 2.05) is 30.3 Å². The third-order valence-electron chi connectivity index (χ3n) is 3.10. The van der Waals surface area contributed by atoms with Crippen molar-refractivity contribution in [2.75, 3.05) is 5.32 Å². The number of para-hydroxylation sites is 1. The van der Waals surface area contributed by atoms with Crippen LogP contribution in [0.2, 0.25) is 0 Å². The number of carboxylic acids is 1. The molecule has 0 heterocycles. The van der Waals surface area contributed by atoms with Crippen LogP contribution in [0.3, 0.4) is 0 Å². The minimum atomic E-state index is -1.22. The van der Waals surface area contributed by atoms with E-state index >= 15 is 0 Å². The zero-order valence-electron chi connectivity index (χ0n) is 12.7. The SMILES string of the molecule is O=C(O)/C=C\C(=O)Nc1ccccc1C(=O)NCc1ccccc1. The van der Waals surface area contributed by atoms with E-state index in [-0.39, 0.29) is 5.91 Å². The summed E-state index contributed by atoms with van der Waals surface area (Å²) in [6.07, 6.45) is 1.62. The third kappa shape index (κ3) is 5.10. The Kier molecular flexibility index (Phi) is 5.85. The van der Waals surface area contributed by atoms with Crippen molar-refractivity contribution in [1.29, 1.82) is 0 Å². The second-order valence-corrected chi connectivity index (χ2v) is 4.87. The van der Waals surface area contributed by atoms with E-state index < -0.39 is 11.9 Å². The molecular formula is C18H16N2O4. The van der Waals surface area contributed by atoms with Crippen LogP contribution in [0.4, 0.5) is 5.69 Å². The molecule has 0 aliphatic carbocycles. The summed E-state index contributed by atoms with van der Waals surface area (Å²) >= 11 is 0. The molecule has 0 unspecified atom stereocenters. The van der Waals surface area contributed by atoms with Gasteiger partial charge in [-0.1, -0.05) is 42.5 Å². The summed E-state index contributed by atoms with van der Waals surface area (Å²) in [4.78, 5) is 34.4. The van der Waals surface area contributed by atoms with Crippen LogP contribution < -0.4 is 10.6 Å². The van der Waals surface area contributed by atoms with Gasteiger partial charge in [-0.3, -0.25) is 9.59 Å². The Morgan fingerprint density at radius 2 is 1.58 bits per heavy atom. The van der Waals surface area contributed by atoms with Crippen molar-refractivity contribution in [1.82, 2.24) is 5.32 Å². The first-order valence-electron chi connectivity index (χ1n) is 7.19. The van der Waals surface area contributed by atoms with Gasteiger partial charge in [0.1, 0.15) is 0 Å². The summed E-state index contributed by atoms with van der Waals surface area (Å²) in [7, 11) is 0. The standard InChI is InChI=1S/C18H16N2O4/c21-16(10-11-17(22)23)20-15-9-5-4-8-14(15)18(24)19-12-13-6-2-1-3-7-13/h1-11H,12H2,(H,19,24)(H,20,21)(H,22,23)/b11-10-. The molecule has 3 N–H and O–H groups in total. The smallest absolute Gasteiger partial charge is 0.328 e. The minimum Gasteiger partial charge on any atom is -0.478 e. The Bertz CT molecular complexity index is 770. The number of benzene rings is 2. The Balaban J connectivity index is 2.06. The number of carboxylic acid groups (broad SMARTS) is 1. The number of hydrogen-bond donors (Lipinski definition) is 3. The van der Waals surface area contributed by atoms with Crippen LogP contribution in [0.25, 0.3) is 0 Å². The van der Waals surface area contributed by atoms with Crippen molar-refractivity contribution >= 4 is 23.5 Å². The van der Waals surface area contributed by atoms with Gasteiger partial charge in [-0.2, -0.15) is 0 Å². The maximum atomic E-state index is 12.3. The Morgan fingerprint density at radius 1 is 0.917 bits per heavy atom. The monoisotopic (exact) mass is 324 g/mol. The number of amides is 2. The molecule has 2 aromatic carbocycles. The molecule has 24 heavy (non-hydrogen) atoms. The minimum absolute atomic E-state index is 0.297. The number of hydrogen-bond acceptors (Lipinski definition) is 3. The van der Waals surface area contributed by atoms with Crippen LogP contribution in [-0.4, -0.2) is 22.9 Å². The number of nitrogens with one attached hydrogen (secondary N) is 2. The van der Waals surface area contributed by atoms with E-state index in [0.717, 1.165) is 17.7 Å². The number of carbonyl (C=O) groups is 3. The van der Waals surface area contributed by atoms with E-state index in [0.29, 0.717) is 17.8 Å². The fourth-order valence-corrected chi connectivity index (χ4v) is 1.98. The highest BCUT2D eigenvalue weighted by atomic mass is 16.4. The lowest BCUT2D eigenvalue weighted by Gasteiger charge is -2.10. The van der Waals surface area contributed by atoms with Crippen molar-refractivity contribution in [3.8, 4) is 0 Å². The van der Waals surface area contributed by atoms with E-state index in [4.69, 9.17) is 5.11 Å². The molecule has 0 atom stereocenters. The fourth-order valence-electron chi connectivity index (χ4n) is 1.98. The highest BCUT2D eigenvalue weighted by molar-refractivity contribution is 6.07. The van der Waals surface area contributed by atoms with Gasteiger partial charge < -0.3 is 15.7 Å².